The standard InChI is InChI=1S/C16H23N3O2/c17-16(21)19-15(20)14(12-8-4-3-5-9-12)18-13-10-6-1-2-7-11-13/h3-5,8-9,13-14,18H,1-2,6-7,10-11H2,(H3,17,19,20,21)/p+1/t14-/m1/s1. The lowest BCUT2D eigenvalue weighted by molar-refractivity contribution is -0.716. The van der Waals surface area contributed by atoms with Crippen LogP contribution < -0.4 is 16.4 Å². The van der Waals surface area contributed by atoms with Crippen LogP contribution in [0.15, 0.2) is 30.3 Å². The number of nitrogens with one attached hydrogen (secondary N) is 1. The molecule has 0 aromatic heterocycles. The molecule has 0 heterocycles. The van der Waals surface area contributed by atoms with Crippen molar-refractivity contribution >= 4 is 11.9 Å². The highest BCUT2D eigenvalue weighted by atomic mass is 16.2. The summed E-state index contributed by atoms with van der Waals surface area (Å²) in [6.07, 6.45) is 7.20. The Kier molecular flexibility index (Phi) is 5.75. The van der Waals surface area contributed by atoms with Gasteiger partial charge in [-0.3, -0.25) is 10.1 Å². The maximum absolute atomic E-state index is 12.3. The zero-order valence-electron chi connectivity index (χ0n) is 12.3. The van der Waals surface area contributed by atoms with E-state index in [-0.39, 0.29) is 5.91 Å². The normalized spacial score (nSPS) is 17.7. The van der Waals surface area contributed by atoms with Crippen molar-refractivity contribution in [2.75, 3.05) is 0 Å². The van der Waals surface area contributed by atoms with E-state index in [4.69, 9.17) is 5.73 Å². The smallest absolute Gasteiger partial charge is 0.319 e. The van der Waals surface area contributed by atoms with Crippen molar-refractivity contribution in [1.29, 1.82) is 0 Å². The summed E-state index contributed by atoms with van der Waals surface area (Å²) in [5.41, 5.74) is 5.99. The second kappa shape index (κ2) is 7.78. The number of nitrogens with two attached hydrogens (primary N) is 2. The molecule has 0 spiro atoms. The van der Waals surface area contributed by atoms with Gasteiger partial charge < -0.3 is 11.1 Å². The zero-order chi connectivity index (χ0) is 15.1. The van der Waals surface area contributed by atoms with Crippen LogP contribution in [0.3, 0.4) is 0 Å². The van der Waals surface area contributed by atoms with Crippen LogP contribution in [0, 0.1) is 0 Å². The third-order valence-electron chi connectivity index (χ3n) is 4.05. The van der Waals surface area contributed by atoms with Crippen LogP contribution in [0.25, 0.3) is 0 Å². The quantitative estimate of drug-likeness (QED) is 0.728. The topological polar surface area (TPSA) is 88.8 Å². The van der Waals surface area contributed by atoms with Gasteiger partial charge in [-0.15, -0.1) is 0 Å². The van der Waals surface area contributed by atoms with E-state index < -0.39 is 12.1 Å². The minimum absolute atomic E-state index is 0.335. The monoisotopic (exact) mass is 290 g/mol. The Hall–Kier alpha value is -1.88. The Labute approximate surface area is 125 Å². The largest absolute Gasteiger partial charge is 0.351 e. The number of benzene rings is 1. The molecule has 5 nitrogen and oxygen atoms in total. The van der Waals surface area contributed by atoms with Gasteiger partial charge in [0, 0.05) is 5.56 Å². The van der Waals surface area contributed by atoms with Gasteiger partial charge in [-0.2, -0.15) is 0 Å². The van der Waals surface area contributed by atoms with E-state index in [9.17, 15) is 9.59 Å². The van der Waals surface area contributed by atoms with Crippen molar-refractivity contribution in [2.45, 2.75) is 50.6 Å². The lowest BCUT2D eigenvalue weighted by Crippen LogP contribution is -2.92. The number of amides is 3. The summed E-state index contributed by atoms with van der Waals surface area (Å²) >= 11 is 0. The van der Waals surface area contributed by atoms with Crippen molar-refractivity contribution in [3.8, 4) is 0 Å². The molecule has 0 saturated heterocycles. The van der Waals surface area contributed by atoms with E-state index in [1.165, 1.54) is 25.7 Å². The first-order valence-corrected chi connectivity index (χ1v) is 7.67. The first-order valence-electron chi connectivity index (χ1n) is 7.67. The number of hydrogen-bond donors (Lipinski definition) is 3. The fraction of sp³-hybridized carbons (Fsp3) is 0.500. The molecule has 1 atom stereocenters. The summed E-state index contributed by atoms with van der Waals surface area (Å²) in [6, 6.07) is 8.77. The lowest BCUT2D eigenvalue weighted by Gasteiger charge is -2.21. The third kappa shape index (κ3) is 4.86. The molecule has 0 radical (unpaired) electrons. The van der Waals surface area contributed by atoms with Crippen molar-refractivity contribution in [3.05, 3.63) is 35.9 Å². The summed E-state index contributed by atoms with van der Waals surface area (Å²) in [6.45, 7) is 0. The van der Waals surface area contributed by atoms with Gasteiger partial charge in [-0.1, -0.05) is 43.2 Å². The summed E-state index contributed by atoms with van der Waals surface area (Å²) in [5, 5.41) is 4.31. The molecule has 0 bridgehead atoms. The van der Waals surface area contributed by atoms with Crippen molar-refractivity contribution in [3.63, 3.8) is 0 Å². The summed E-state index contributed by atoms with van der Waals surface area (Å²) < 4.78 is 0. The van der Waals surface area contributed by atoms with Gasteiger partial charge in [0.25, 0.3) is 5.91 Å². The molecule has 5 N–H and O–H groups in total. The highest BCUT2D eigenvalue weighted by Gasteiger charge is 2.29. The van der Waals surface area contributed by atoms with Gasteiger partial charge in [0.15, 0.2) is 6.04 Å². The molecule has 1 aliphatic rings. The van der Waals surface area contributed by atoms with E-state index in [1.54, 1.807) is 0 Å². The molecule has 1 aliphatic carbocycles. The van der Waals surface area contributed by atoms with Gasteiger partial charge in [-0.25, -0.2) is 4.79 Å². The molecular weight excluding hydrogens is 266 g/mol. The minimum atomic E-state index is -0.796. The van der Waals surface area contributed by atoms with Crippen LogP contribution in [0.5, 0.6) is 0 Å². The van der Waals surface area contributed by atoms with Crippen molar-refractivity contribution in [1.82, 2.24) is 5.32 Å². The Morgan fingerprint density at radius 3 is 2.29 bits per heavy atom. The second-order valence-corrected chi connectivity index (χ2v) is 5.69. The van der Waals surface area contributed by atoms with Crippen LogP contribution in [0.2, 0.25) is 0 Å². The van der Waals surface area contributed by atoms with Gasteiger partial charge in [0.2, 0.25) is 0 Å². The van der Waals surface area contributed by atoms with E-state index >= 15 is 0 Å². The number of carbonyl (C=O) groups excluding carboxylic acids is 2. The summed E-state index contributed by atoms with van der Waals surface area (Å²) in [4.78, 5) is 23.2. The van der Waals surface area contributed by atoms with Crippen LogP contribution in [-0.2, 0) is 4.79 Å². The predicted molar refractivity (Wildman–Crippen MR) is 80.3 cm³/mol. The van der Waals surface area contributed by atoms with Gasteiger partial charge in [-0.05, 0) is 25.7 Å². The molecule has 21 heavy (non-hydrogen) atoms. The molecule has 1 fully saturated rings. The molecular formula is C16H24N3O2+. The number of urea groups is 1. The molecule has 5 heteroatoms. The van der Waals surface area contributed by atoms with Crippen LogP contribution in [0.1, 0.15) is 50.1 Å². The van der Waals surface area contributed by atoms with Gasteiger partial charge in [0.1, 0.15) is 0 Å². The zero-order valence-corrected chi connectivity index (χ0v) is 12.3. The minimum Gasteiger partial charge on any atom is -0.351 e. The second-order valence-electron chi connectivity index (χ2n) is 5.69. The fourth-order valence-electron chi connectivity index (χ4n) is 2.98. The summed E-state index contributed by atoms with van der Waals surface area (Å²) in [7, 11) is 0. The number of quaternary nitrogens is 1. The van der Waals surface area contributed by atoms with Crippen molar-refractivity contribution in [2.24, 2.45) is 5.73 Å². The number of imide groups is 1. The van der Waals surface area contributed by atoms with E-state index in [2.05, 4.69) is 10.6 Å². The Bertz CT molecular complexity index is 468. The summed E-state index contributed by atoms with van der Waals surface area (Å²) in [5.74, 6) is -0.335. The average molecular weight is 290 g/mol. The van der Waals surface area contributed by atoms with Gasteiger partial charge in [0.05, 0.1) is 6.04 Å². The Balaban J connectivity index is 2.11. The lowest BCUT2D eigenvalue weighted by atomic mass is 10.0. The Morgan fingerprint density at radius 1 is 1.10 bits per heavy atom. The van der Waals surface area contributed by atoms with Gasteiger partial charge >= 0.3 is 6.03 Å². The van der Waals surface area contributed by atoms with E-state index in [0.717, 1.165) is 18.4 Å². The van der Waals surface area contributed by atoms with E-state index in [0.29, 0.717) is 6.04 Å². The molecule has 114 valence electrons. The molecule has 0 aliphatic heterocycles. The molecule has 1 aromatic rings. The van der Waals surface area contributed by atoms with Crippen LogP contribution in [0.4, 0.5) is 4.79 Å². The number of carbonyl (C=O) groups is 2. The van der Waals surface area contributed by atoms with E-state index in [1.807, 2.05) is 30.3 Å². The molecule has 0 unspecified atom stereocenters. The highest BCUT2D eigenvalue weighted by Crippen LogP contribution is 2.17. The predicted octanol–water partition coefficient (Wildman–Crippen LogP) is 1.21. The number of primary amides is 1. The molecule has 1 saturated carbocycles. The highest BCUT2D eigenvalue weighted by molar-refractivity contribution is 5.96. The van der Waals surface area contributed by atoms with Crippen LogP contribution in [-0.4, -0.2) is 18.0 Å². The number of hydrogen-bond acceptors (Lipinski definition) is 2. The van der Waals surface area contributed by atoms with Crippen molar-refractivity contribution < 1.29 is 14.9 Å². The first-order chi connectivity index (χ1) is 10.2. The Morgan fingerprint density at radius 2 is 1.71 bits per heavy atom. The maximum atomic E-state index is 12.3. The fourth-order valence-corrected chi connectivity index (χ4v) is 2.98. The van der Waals surface area contributed by atoms with Crippen LogP contribution >= 0.6 is 0 Å². The maximum Gasteiger partial charge on any atom is 0.319 e. The first kappa shape index (κ1) is 15.5. The SMILES string of the molecule is NC(=O)NC(=O)[C@H]([NH2+]C1CCCCCC1)c1ccccc1. The molecule has 2 rings (SSSR count). The number of rotatable bonds is 4. The molecule has 3 amide bonds. The average Bonchev–Trinajstić information content (AvgIpc) is 2.73. The molecule has 1 aromatic carbocycles. The third-order valence-corrected chi connectivity index (χ3v) is 4.05.